The van der Waals surface area contributed by atoms with Crippen molar-refractivity contribution in [2.75, 3.05) is 14.2 Å². The van der Waals surface area contributed by atoms with Crippen molar-refractivity contribution in [3.63, 3.8) is 0 Å². The fourth-order valence-electron chi connectivity index (χ4n) is 2.00. The number of esters is 1. The lowest BCUT2D eigenvalue weighted by Gasteiger charge is -2.12. The summed E-state index contributed by atoms with van der Waals surface area (Å²) in [5, 5.41) is 13.3. The van der Waals surface area contributed by atoms with Gasteiger partial charge >= 0.3 is 5.97 Å². The monoisotopic (exact) mass is 248 g/mol. The number of likely N-dealkylation sites (N-methyl/N-ethyl adjacent to an activating group) is 1. The van der Waals surface area contributed by atoms with E-state index in [1.807, 2.05) is 6.20 Å². The lowest BCUT2D eigenvalue weighted by atomic mass is 10.1. The van der Waals surface area contributed by atoms with Gasteiger partial charge in [0.25, 0.3) is 0 Å². The predicted molar refractivity (Wildman–Crippen MR) is 68.5 cm³/mol. The summed E-state index contributed by atoms with van der Waals surface area (Å²) in [6, 6.07) is 4.72. The number of aromatic hydroxyl groups is 1. The van der Waals surface area contributed by atoms with Crippen molar-refractivity contribution in [2.45, 2.75) is 12.5 Å². The van der Waals surface area contributed by atoms with Gasteiger partial charge in [0, 0.05) is 23.5 Å². The maximum Gasteiger partial charge on any atom is 0.323 e. The maximum atomic E-state index is 11.5. The summed E-state index contributed by atoms with van der Waals surface area (Å²) in [6.07, 6.45) is 2.35. The number of nitrogens with one attached hydrogen (secondary N) is 2. The Morgan fingerprint density at radius 2 is 2.33 bits per heavy atom. The van der Waals surface area contributed by atoms with Crippen molar-refractivity contribution >= 4 is 16.9 Å². The zero-order valence-electron chi connectivity index (χ0n) is 10.4. The Bertz CT molecular complexity index is 562. The zero-order chi connectivity index (χ0) is 13.1. The molecule has 1 heterocycles. The highest BCUT2D eigenvalue weighted by molar-refractivity contribution is 5.85. The minimum absolute atomic E-state index is 0.211. The zero-order valence-corrected chi connectivity index (χ0v) is 10.4. The number of phenolic OH excluding ortho intramolecular Hbond substituents is 1. The van der Waals surface area contributed by atoms with Crippen LogP contribution in [0.5, 0.6) is 5.75 Å². The fraction of sp³-hybridized carbons (Fsp3) is 0.308. The summed E-state index contributed by atoms with van der Waals surface area (Å²) in [6.45, 7) is 0. The molecule has 0 aliphatic carbocycles. The van der Waals surface area contributed by atoms with Gasteiger partial charge in [0.15, 0.2) is 0 Å². The molecule has 2 aromatic rings. The van der Waals surface area contributed by atoms with Crippen LogP contribution in [0.2, 0.25) is 0 Å². The number of phenols is 1. The number of ether oxygens (including phenoxy) is 1. The maximum absolute atomic E-state index is 11.5. The SMILES string of the molecule is CN[C@@H](Cc1c[nH]c2ccc(O)cc12)C(=O)OC. The molecular weight excluding hydrogens is 232 g/mol. The molecule has 0 bridgehead atoms. The first kappa shape index (κ1) is 12.4. The predicted octanol–water partition coefficient (Wildman–Crippen LogP) is 1.18. The largest absolute Gasteiger partial charge is 0.508 e. The van der Waals surface area contributed by atoms with E-state index < -0.39 is 6.04 Å². The number of methoxy groups -OCH3 is 1. The molecule has 3 N–H and O–H groups in total. The lowest BCUT2D eigenvalue weighted by molar-refractivity contribution is -0.142. The van der Waals surface area contributed by atoms with E-state index in [0.717, 1.165) is 16.5 Å². The summed E-state index contributed by atoms with van der Waals surface area (Å²) >= 11 is 0. The Hall–Kier alpha value is -2.01. The van der Waals surface area contributed by atoms with Crippen molar-refractivity contribution < 1.29 is 14.6 Å². The summed E-state index contributed by atoms with van der Waals surface area (Å²) in [5.41, 5.74) is 1.90. The number of fused-ring (bicyclic) bond motifs is 1. The van der Waals surface area contributed by atoms with E-state index in [-0.39, 0.29) is 11.7 Å². The van der Waals surface area contributed by atoms with Crippen LogP contribution in [0.1, 0.15) is 5.56 Å². The Morgan fingerprint density at radius 3 is 3.00 bits per heavy atom. The molecule has 2 rings (SSSR count). The number of H-pyrrole nitrogens is 1. The average molecular weight is 248 g/mol. The Balaban J connectivity index is 2.31. The van der Waals surface area contributed by atoms with Crippen LogP contribution in [-0.2, 0) is 16.0 Å². The van der Waals surface area contributed by atoms with E-state index in [1.54, 1.807) is 25.2 Å². The van der Waals surface area contributed by atoms with E-state index in [1.165, 1.54) is 7.11 Å². The first-order chi connectivity index (χ1) is 8.65. The van der Waals surface area contributed by atoms with Crippen LogP contribution in [0.4, 0.5) is 0 Å². The molecule has 5 heteroatoms. The third kappa shape index (κ3) is 2.31. The number of carbonyl (C=O) groups excluding carboxylic acids is 1. The number of carbonyl (C=O) groups is 1. The van der Waals surface area contributed by atoms with E-state index in [9.17, 15) is 9.90 Å². The molecule has 96 valence electrons. The third-order valence-corrected chi connectivity index (χ3v) is 3.01. The summed E-state index contributed by atoms with van der Waals surface area (Å²) in [5.74, 6) is -0.0885. The van der Waals surface area contributed by atoms with Crippen molar-refractivity contribution in [1.29, 1.82) is 0 Å². The van der Waals surface area contributed by atoms with E-state index in [4.69, 9.17) is 4.74 Å². The molecule has 0 aliphatic heterocycles. The number of hydrogen-bond acceptors (Lipinski definition) is 4. The van der Waals surface area contributed by atoms with E-state index >= 15 is 0 Å². The Labute approximate surface area is 105 Å². The van der Waals surface area contributed by atoms with Gasteiger partial charge in [0.1, 0.15) is 11.8 Å². The van der Waals surface area contributed by atoms with Gasteiger partial charge in [-0.05, 0) is 30.8 Å². The minimum atomic E-state index is -0.392. The quantitative estimate of drug-likeness (QED) is 0.710. The normalized spacial score (nSPS) is 12.6. The van der Waals surface area contributed by atoms with Crippen molar-refractivity contribution in [1.82, 2.24) is 10.3 Å². The molecule has 0 saturated carbocycles. The summed E-state index contributed by atoms with van der Waals surface area (Å²) < 4.78 is 4.73. The molecule has 1 atom stereocenters. The number of rotatable bonds is 4. The topological polar surface area (TPSA) is 74.4 Å². The van der Waals surface area contributed by atoms with E-state index in [2.05, 4.69) is 10.3 Å². The van der Waals surface area contributed by atoms with Crippen LogP contribution in [-0.4, -0.2) is 36.3 Å². The van der Waals surface area contributed by atoms with Gasteiger partial charge < -0.3 is 20.1 Å². The summed E-state index contributed by atoms with van der Waals surface area (Å²) in [4.78, 5) is 14.6. The Kier molecular flexibility index (Phi) is 3.53. The number of aromatic nitrogens is 1. The fourth-order valence-corrected chi connectivity index (χ4v) is 2.00. The molecule has 1 aromatic heterocycles. The summed E-state index contributed by atoms with van der Waals surface area (Å²) in [7, 11) is 3.08. The molecular formula is C13H16N2O3. The highest BCUT2D eigenvalue weighted by Crippen LogP contribution is 2.23. The molecule has 0 spiro atoms. The van der Waals surface area contributed by atoms with Crippen molar-refractivity contribution in [3.8, 4) is 5.75 Å². The van der Waals surface area contributed by atoms with Crippen LogP contribution in [0.3, 0.4) is 0 Å². The van der Waals surface area contributed by atoms with Crippen LogP contribution in [0.15, 0.2) is 24.4 Å². The first-order valence-corrected chi connectivity index (χ1v) is 5.69. The van der Waals surface area contributed by atoms with Gasteiger partial charge in [-0.15, -0.1) is 0 Å². The highest BCUT2D eigenvalue weighted by Gasteiger charge is 2.19. The number of hydrogen-bond donors (Lipinski definition) is 3. The van der Waals surface area contributed by atoms with Gasteiger partial charge in [0.2, 0.25) is 0 Å². The number of benzene rings is 1. The second-order valence-electron chi connectivity index (χ2n) is 4.11. The van der Waals surface area contributed by atoms with Gasteiger partial charge in [-0.3, -0.25) is 4.79 Å². The van der Waals surface area contributed by atoms with Gasteiger partial charge in [-0.25, -0.2) is 0 Å². The molecule has 0 unspecified atom stereocenters. The van der Waals surface area contributed by atoms with Crippen LogP contribution < -0.4 is 5.32 Å². The molecule has 0 aliphatic rings. The van der Waals surface area contributed by atoms with Gasteiger partial charge in [-0.1, -0.05) is 0 Å². The van der Waals surface area contributed by atoms with Gasteiger partial charge in [-0.2, -0.15) is 0 Å². The Morgan fingerprint density at radius 1 is 1.56 bits per heavy atom. The van der Waals surface area contributed by atoms with Crippen LogP contribution >= 0.6 is 0 Å². The van der Waals surface area contributed by atoms with Crippen molar-refractivity contribution in [2.24, 2.45) is 0 Å². The second kappa shape index (κ2) is 5.10. The average Bonchev–Trinajstić information content (AvgIpc) is 2.77. The lowest BCUT2D eigenvalue weighted by Crippen LogP contribution is -2.36. The molecule has 0 radical (unpaired) electrons. The number of aromatic amines is 1. The van der Waals surface area contributed by atoms with Crippen molar-refractivity contribution in [3.05, 3.63) is 30.0 Å². The van der Waals surface area contributed by atoms with Crippen LogP contribution in [0.25, 0.3) is 10.9 Å². The second-order valence-corrected chi connectivity index (χ2v) is 4.11. The molecule has 0 saturated heterocycles. The molecule has 1 aromatic carbocycles. The minimum Gasteiger partial charge on any atom is -0.508 e. The smallest absolute Gasteiger partial charge is 0.323 e. The van der Waals surface area contributed by atoms with E-state index in [0.29, 0.717) is 6.42 Å². The first-order valence-electron chi connectivity index (χ1n) is 5.69. The molecule has 18 heavy (non-hydrogen) atoms. The molecule has 0 fully saturated rings. The van der Waals surface area contributed by atoms with Crippen LogP contribution in [0, 0.1) is 0 Å². The highest BCUT2D eigenvalue weighted by atomic mass is 16.5. The molecule has 0 amide bonds. The van der Waals surface area contributed by atoms with Gasteiger partial charge in [0.05, 0.1) is 7.11 Å². The standard InChI is InChI=1S/C13H16N2O3/c1-14-12(13(17)18-2)5-8-7-15-11-4-3-9(16)6-10(8)11/h3-4,6-7,12,14-16H,5H2,1-2H3/t12-/m0/s1. The third-order valence-electron chi connectivity index (χ3n) is 3.01. The molecule has 5 nitrogen and oxygen atoms in total.